The number of rotatable bonds is 6. The van der Waals surface area contributed by atoms with Crippen molar-refractivity contribution in [1.82, 2.24) is 5.32 Å². The van der Waals surface area contributed by atoms with Gasteiger partial charge in [0.2, 0.25) is 5.91 Å². The lowest BCUT2D eigenvalue weighted by Crippen LogP contribution is -2.44. The van der Waals surface area contributed by atoms with Gasteiger partial charge >= 0.3 is 0 Å². The van der Waals surface area contributed by atoms with E-state index >= 15 is 0 Å². The van der Waals surface area contributed by atoms with E-state index in [1.54, 1.807) is 28.1 Å². The molecular weight excluding hydrogens is 268 g/mol. The number of hydrogen-bond acceptors (Lipinski definition) is 4. The quantitative estimate of drug-likeness (QED) is 0.872. The second kappa shape index (κ2) is 6.98. The fourth-order valence-corrected chi connectivity index (χ4v) is 1.91. The van der Waals surface area contributed by atoms with E-state index in [1.165, 1.54) is 0 Å². The lowest BCUT2D eigenvalue weighted by molar-refractivity contribution is -0.125. The van der Waals surface area contributed by atoms with Gasteiger partial charge in [0.1, 0.15) is 5.54 Å². The molecule has 1 N–H and O–H groups in total. The van der Waals surface area contributed by atoms with E-state index in [0.717, 1.165) is 5.56 Å². The van der Waals surface area contributed by atoms with Crippen molar-refractivity contribution < 1.29 is 14.3 Å². The topological polar surface area (TPSA) is 71.3 Å². The number of benzene rings is 1. The SMILES string of the molecule is COc1ccc(CC(C)C(=O)NC(C)(C)C#N)cc1OC. The summed E-state index contributed by atoms with van der Waals surface area (Å²) in [4.78, 5) is 12.1. The molecule has 1 aromatic rings. The number of hydrogen-bond donors (Lipinski definition) is 1. The van der Waals surface area contributed by atoms with Gasteiger partial charge in [-0.05, 0) is 38.0 Å². The van der Waals surface area contributed by atoms with Crippen LogP contribution in [0, 0.1) is 17.2 Å². The Morgan fingerprint density at radius 1 is 1.33 bits per heavy atom. The minimum absolute atomic E-state index is 0.142. The van der Waals surface area contributed by atoms with E-state index in [-0.39, 0.29) is 11.8 Å². The molecule has 114 valence electrons. The number of nitrogens with zero attached hydrogens (tertiary/aromatic N) is 1. The second-order valence-corrected chi connectivity index (χ2v) is 5.52. The third-order valence-corrected chi connectivity index (χ3v) is 3.15. The first-order valence-corrected chi connectivity index (χ1v) is 6.77. The van der Waals surface area contributed by atoms with Crippen LogP contribution in [0.15, 0.2) is 18.2 Å². The van der Waals surface area contributed by atoms with Crippen LogP contribution in [0.3, 0.4) is 0 Å². The maximum absolute atomic E-state index is 12.1. The van der Waals surface area contributed by atoms with Crippen LogP contribution in [0.5, 0.6) is 11.5 Å². The smallest absolute Gasteiger partial charge is 0.224 e. The first-order valence-electron chi connectivity index (χ1n) is 6.77. The highest BCUT2D eigenvalue weighted by molar-refractivity contribution is 5.79. The Labute approximate surface area is 125 Å². The molecule has 21 heavy (non-hydrogen) atoms. The van der Waals surface area contributed by atoms with Crippen molar-refractivity contribution in [3.63, 3.8) is 0 Å². The van der Waals surface area contributed by atoms with Crippen LogP contribution in [-0.4, -0.2) is 25.7 Å². The molecular formula is C16H22N2O3. The van der Waals surface area contributed by atoms with Gasteiger partial charge in [0, 0.05) is 5.92 Å². The predicted octanol–water partition coefficient (Wildman–Crippen LogP) is 2.30. The molecule has 1 unspecified atom stereocenters. The van der Waals surface area contributed by atoms with Crippen LogP contribution >= 0.6 is 0 Å². The van der Waals surface area contributed by atoms with Crippen molar-refractivity contribution in [2.45, 2.75) is 32.7 Å². The number of carbonyl (C=O) groups is 1. The van der Waals surface area contributed by atoms with E-state index in [4.69, 9.17) is 14.7 Å². The summed E-state index contributed by atoms with van der Waals surface area (Å²) in [5.41, 5.74) is 0.119. The van der Waals surface area contributed by atoms with Crippen LogP contribution in [-0.2, 0) is 11.2 Å². The third-order valence-electron chi connectivity index (χ3n) is 3.15. The standard InChI is InChI=1S/C16H22N2O3/c1-11(15(19)18-16(2,3)10-17)8-12-6-7-13(20-4)14(9-12)21-5/h6-7,9,11H,8H2,1-5H3,(H,18,19). The molecule has 0 heterocycles. The van der Waals surface area contributed by atoms with Crippen molar-refractivity contribution in [2.75, 3.05) is 14.2 Å². The zero-order chi connectivity index (χ0) is 16.0. The molecule has 0 radical (unpaired) electrons. The molecule has 5 nitrogen and oxygen atoms in total. The fraction of sp³-hybridized carbons (Fsp3) is 0.500. The Kier molecular flexibility index (Phi) is 5.60. The van der Waals surface area contributed by atoms with Gasteiger partial charge in [-0.3, -0.25) is 4.79 Å². The first-order chi connectivity index (χ1) is 9.82. The Morgan fingerprint density at radius 3 is 2.48 bits per heavy atom. The summed E-state index contributed by atoms with van der Waals surface area (Å²) in [7, 11) is 3.16. The molecule has 1 amide bonds. The number of methoxy groups -OCH3 is 2. The van der Waals surface area contributed by atoms with E-state index < -0.39 is 5.54 Å². The van der Waals surface area contributed by atoms with Gasteiger partial charge < -0.3 is 14.8 Å². The number of amides is 1. The molecule has 0 saturated carbocycles. The maximum Gasteiger partial charge on any atom is 0.224 e. The van der Waals surface area contributed by atoms with Crippen LogP contribution in [0.25, 0.3) is 0 Å². The van der Waals surface area contributed by atoms with Gasteiger partial charge in [0.05, 0.1) is 20.3 Å². The number of ether oxygens (including phenoxy) is 2. The molecule has 0 aliphatic rings. The highest BCUT2D eigenvalue weighted by atomic mass is 16.5. The van der Waals surface area contributed by atoms with E-state index in [2.05, 4.69) is 11.4 Å². The van der Waals surface area contributed by atoms with E-state index in [0.29, 0.717) is 17.9 Å². The zero-order valence-corrected chi connectivity index (χ0v) is 13.2. The highest BCUT2D eigenvalue weighted by Crippen LogP contribution is 2.28. The Morgan fingerprint density at radius 2 is 1.95 bits per heavy atom. The van der Waals surface area contributed by atoms with Crippen molar-refractivity contribution in [2.24, 2.45) is 5.92 Å². The molecule has 0 aliphatic carbocycles. The van der Waals surface area contributed by atoms with Gasteiger partial charge in [-0.2, -0.15) is 5.26 Å². The van der Waals surface area contributed by atoms with Gasteiger partial charge in [0.15, 0.2) is 11.5 Å². The lowest BCUT2D eigenvalue weighted by Gasteiger charge is -2.21. The third kappa shape index (κ3) is 4.67. The van der Waals surface area contributed by atoms with Crippen LogP contribution < -0.4 is 14.8 Å². The highest BCUT2D eigenvalue weighted by Gasteiger charge is 2.23. The number of nitrogens with one attached hydrogen (secondary N) is 1. The van der Waals surface area contributed by atoms with Gasteiger partial charge in [-0.15, -0.1) is 0 Å². The minimum atomic E-state index is -0.858. The minimum Gasteiger partial charge on any atom is -0.493 e. The summed E-state index contributed by atoms with van der Waals surface area (Å²) in [5, 5.41) is 11.7. The Bertz CT molecular complexity index is 547. The summed E-state index contributed by atoms with van der Waals surface area (Å²) in [5.74, 6) is 0.913. The average Bonchev–Trinajstić information content (AvgIpc) is 2.46. The van der Waals surface area contributed by atoms with Crippen LogP contribution in [0.4, 0.5) is 0 Å². The summed E-state index contributed by atoms with van der Waals surface area (Å²) < 4.78 is 10.4. The van der Waals surface area contributed by atoms with Crippen molar-refractivity contribution in [1.29, 1.82) is 5.26 Å². The average molecular weight is 290 g/mol. The summed E-state index contributed by atoms with van der Waals surface area (Å²) in [6.45, 7) is 5.18. The molecule has 0 aliphatic heterocycles. The van der Waals surface area contributed by atoms with Crippen molar-refractivity contribution >= 4 is 5.91 Å². The molecule has 0 aromatic heterocycles. The van der Waals surface area contributed by atoms with Crippen LogP contribution in [0.2, 0.25) is 0 Å². The molecule has 1 aromatic carbocycles. The monoisotopic (exact) mass is 290 g/mol. The molecule has 5 heteroatoms. The molecule has 0 fully saturated rings. The number of carbonyl (C=O) groups excluding carboxylic acids is 1. The van der Waals surface area contributed by atoms with Gasteiger partial charge in [0.25, 0.3) is 0 Å². The lowest BCUT2D eigenvalue weighted by atomic mass is 9.98. The zero-order valence-electron chi connectivity index (χ0n) is 13.2. The maximum atomic E-state index is 12.1. The first kappa shape index (κ1) is 16.8. The van der Waals surface area contributed by atoms with Crippen molar-refractivity contribution in [3.05, 3.63) is 23.8 Å². The summed E-state index contributed by atoms with van der Waals surface area (Å²) >= 11 is 0. The van der Waals surface area contributed by atoms with Gasteiger partial charge in [-0.1, -0.05) is 13.0 Å². The predicted molar refractivity (Wildman–Crippen MR) is 80.2 cm³/mol. The Hall–Kier alpha value is -2.22. The largest absolute Gasteiger partial charge is 0.493 e. The summed E-state index contributed by atoms with van der Waals surface area (Å²) in [6.07, 6.45) is 0.563. The fourth-order valence-electron chi connectivity index (χ4n) is 1.91. The normalized spacial score (nSPS) is 12.2. The molecule has 0 bridgehead atoms. The molecule has 1 rings (SSSR count). The Balaban J connectivity index is 2.77. The molecule has 1 atom stereocenters. The van der Waals surface area contributed by atoms with Gasteiger partial charge in [-0.25, -0.2) is 0 Å². The van der Waals surface area contributed by atoms with E-state index in [1.807, 2.05) is 25.1 Å². The van der Waals surface area contributed by atoms with E-state index in [9.17, 15) is 4.79 Å². The molecule has 0 saturated heterocycles. The second-order valence-electron chi connectivity index (χ2n) is 5.52. The van der Waals surface area contributed by atoms with Crippen molar-refractivity contribution in [3.8, 4) is 17.6 Å². The van der Waals surface area contributed by atoms with Crippen LogP contribution in [0.1, 0.15) is 26.3 Å². The number of nitriles is 1. The summed E-state index contributed by atoms with van der Waals surface area (Å²) in [6, 6.07) is 7.64. The molecule has 0 spiro atoms.